The molecule has 0 amide bonds. The van der Waals surface area contributed by atoms with Crippen LogP contribution in [0.3, 0.4) is 0 Å². The number of ether oxygens (including phenoxy) is 1. The zero-order chi connectivity index (χ0) is 13.0. The molecule has 0 aliphatic carbocycles. The monoisotopic (exact) mass is 249 g/mol. The Kier molecular flexibility index (Phi) is 3.76. The van der Waals surface area contributed by atoms with E-state index in [0.717, 1.165) is 17.5 Å². The molecule has 2 heterocycles. The maximum absolute atomic E-state index is 11.8. The zero-order valence-corrected chi connectivity index (χ0v) is 10.2. The number of unbranched alkanes of at least 4 members (excludes halogenated alkanes) is 1. The minimum atomic E-state index is -0.436. The number of nitrogens with zero attached hydrogens (tertiary/aromatic N) is 3. The van der Waals surface area contributed by atoms with E-state index in [1.165, 1.54) is 4.40 Å². The van der Waals surface area contributed by atoms with Crippen molar-refractivity contribution in [3.63, 3.8) is 0 Å². The van der Waals surface area contributed by atoms with Crippen LogP contribution in [0.4, 0.5) is 0 Å². The number of carbonyl (C=O) groups is 1. The van der Waals surface area contributed by atoms with Gasteiger partial charge in [-0.15, -0.1) is 5.10 Å². The number of hydrogen-bond acceptors (Lipinski definition) is 4. The Hall–Kier alpha value is -2.11. The first-order valence-electron chi connectivity index (χ1n) is 5.92. The molecule has 2 aromatic rings. The summed E-state index contributed by atoms with van der Waals surface area (Å²) in [6.07, 6.45) is 3.40. The van der Waals surface area contributed by atoms with Gasteiger partial charge in [0.1, 0.15) is 6.54 Å². The maximum Gasteiger partial charge on any atom is 0.350 e. The van der Waals surface area contributed by atoms with Crippen molar-refractivity contribution in [1.82, 2.24) is 14.2 Å². The predicted molar refractivity (Wildman–Crippen MR) is 65.3 cm³/mol. The van der Waals surface area contributed by atoms with E-state index in [1.54, 1.807) is 24.4 Å². The molecule has 0 radical (unpaired) electrons. The molecule has 0 atom stereocenters. The lowest BCUT2D eigenvalue weighted by Gasteiger charge is -2.02. The highest BCUT2D eigenvalue weighted by molar-refractivity contribution is 5.69. The lowest BCUT2D eigenvalue weighted by Crippen LogP contribution is -2.26. The average molecular weight is 249 g/mol. The van der Waals surface area contributed by atoms with Gasteiger partial charge in [-0.3, -0.25) is 9.20 Å². The zero-order valence-electron chi connectivity index (χ0n) is 10.2. The van der Waals surface area contributed by atoms with E-state index in [9.17, 15) is 9.59 Å². The molecule has 0 unspecified atom stereocenters. The fraction of sp³-hybridized carbons (Fsp3) is 0.417. The van der Waals surface area contributed by atoms with E-state index in [4.69, 9.17) is 4.74 Å². The molecule has 6 nitrogen and oxygen atoms in total. The van der Waals surface area contributed by atoms with Gasteiger partial charge < -0.3 is 4.74 Å². The Morgan fingerprint density at radius 2 is 2.28 bits per heavy atom. The fourth-order valence-electron chi connectivity index (χ4n) is 1.57. The second-order valence-corrected chi connectivity index (χ2v) is 3.94. The predicted octanol–water partition coefficient (Wildman–Crippen LogP) is 0.839. The number of rotatable bonds is 5. The van der Waals surface area contributed by atoms with Gasteiger partial charge in [0.05, 0.1) is 6.61 Å². The highest BCUT2D eigenvalue weighted by Gasteiger charge is 2.10. The Balaban J connectivity index is 2.10. The summed E-state index contributed by atoms with van der Waals surface area (Å²) in [5, 5.41) is 4.05. The molecule has 0 bridgehead atoms. The van der Waals surface area contributed by atoms with Crippen molar-refractivity contribution in [3.05, 3.63) is 34.9 Å². The van der Waals surface area contributed by atoms with E-state index in [0.29, 0.717) is 12.3 Å². The number of carbonyl (C=O) groups excluding carboxylic acids is 1. The second-order valence-electron chi connectivity index (χ2n) is 3.94. The molecule has 0 spiro atoms. The summed E-state index contributed by atoms with van der Waals surface area (Å²) in [7, 11) is 0. The maximum atomic E-state index is 11.8. The van der Waals surface area contributed by atoms with Crippen LogP contribution < -0.4 is 5.69 Å². The number of fused-ring (bicyclic) bond motifs is 1. The van der Waals surface area contributed by atoms with Gasteiger partial charge in [0.15, 0.2) is 5.65 Å². The van der Waals surface area contributed by atoms with Crippen LogP contribution in [0.25, 0.3) is 5.65 Å². The molecule has 0 fully saturated rings. The third-order valence-corrected chi connectivity index (χ3v) is 2.53. The smallest absolute Gasteiger partial charge is 0.350 e. The Morgan fingerprint density at radius 3 is 3.00 bits per heavy atom. The molecule has 96 valence electrons. The van der Waals surface area contributed by atoms with Crippen molar-refractivity contribution in [3.8, 4) is 0 Å². The van der Waals surface area contributed by atoms with Crippen molar-refractivity contribution in [2.75, 3.05) is 6.61 Å². The van der Waals surface area contributed by atoms with E-state index < -0.39 is 5.97 Å². The van der Waals surface area contributed by atoms with Crippen LogP contribution in [-0.4, -0.2) is 26.8 Å². The third-order valence-electron chi connectivity index (χ3n) is 2.53. The molecule has 6 heteroatoms. The first kappa shape index (κ1) is 12.3. The largest absolute Gasteiger partial charge is 0.464 e. The van der Waals surface area contributed by atoms with Crippen molar-refractivity contribution >= 4 is 11.6 Å². The summed E-state index contributed by atoms with van der Waals surface area (Å²) in [6, 6.07) is 5.23. The quantitative estimate of drug-likeness (QED) is 0.581. The van der Waals surface area contributed by atoms with E-state index in [2.05, 4.69) is 5.10 Å². The van der Waals surface area contributed by atoms with Crippen LogP contribution in [-0.2, 0) is 16.1 Å². The molecule has 18 heavy (non-hydrogen) atoms. The minimum absolute atomic E-state index is 0.149. The van der Waals surface area contributed by atoms with Crippen LogP contribution >= 0.6 is 0 Å². The molecule has 0 N–H and O–H groups in total. The molecule has 0 aliphatic heterocycles. The van der Waals surface area contributed by atoms with Crippen molar-refractivity contribution < 1.29 is 9.53 Å². The standard InChI is InChI=1S/C12H15N3O3/c1-2-3-8-18-11(16)9-15-12(17)14-7-5-4-6-10(14)13-15/h4-7H,2-3,8-9H2,1H3. The molecule has 0 saturated carbocycles. The van der Waals surface area contributed by atoms with Crippen LogP contribution in [0.15, 0.2) is 29.2 Å². The lowest BCUT2D eigenvalue weighted by atomic mass is 10.4. The summed E-state index contributed by atoms with van der Waals surface area (Å²) in [5.41, 5.74) is 0.182. The topological polar surface area (TPSA) is 65.6 Å². The molecule has 0 aromatic carbocycles. The van der Waals surface area contributed by atoms with Gasteiger partial charge in [-0.25, -0.2) is 9.48 Å². The molecular weight excluding hydrogens is 234 g/mol. The number of aromatic nitrogens is 3. The van der Waals surface area contributed by atoms with Crippen molar-refractivity contribution in [2.24, 2.45) is 0 Å². The van der Waals surface area contributed by atoms with E-state index >= 15 is 0 Å². The highest BCUT2D eigenvalue weighted by atomic mass is 16.5. The van der Waals surface area contributed by atoms with Crippen LogP contribution in [0.1, 0.15) is 19.8 Å². The normalized spacial score (nSPS) is 10.7. The number of pyridine rings is 1. The highest BCUT2D eigenvalue weighted by Crippen LogP contribution is 1.96. The van der Waals surface area contributed by atoms with Gasteiger partial charge in [0, 0.05) is 6.20 Å². The molecular formula is C12H15N3O3. The first-order valence-corrected chi connectivity index (χ1v) is 5.92. The molecule has 0 aliphatic rings. The minimum Gasteiger partial charge on any atom is -0.464 e. The van der Waals surface area contributed by atoms with Crippen molar-refractivity contribution in [2.45, 2.75) is 26.3 Å². The van der Waals surface area contributed by atoms with Gasteiger partial charge in [0.2, 0.25) is 0 Å². The number of hydrogen-bond donors (Lipinski definition) is 0. The van der Waals surface area contributed by atoms with Crippen LogP contribution in [0.2, 0.25) is 0 Å². The number of esters is 1. The fourth-order valence-corrected chi connectivity index (χ4v) is 1.57. The summed E-state index contributed by atoms with van der Waals surface area (Å²) in [6.45, 7) is 2.25. The van der Waals surface area contributed by atoms with Gasteiger partial charge in [-0.1, -0.05) is 19.4 Å². The van der Waals surface area contributed by atoms with Gasteiger partial charge >= 0.3 is 11.7 Å². The SMILES string of the molecule is CCCCOC(=O)Cn1nc2ccccn2c1=O. The summed E-state index contributed by atoms with van der Waals surface area (Å²) in [5.74, 6) is -0.436. The van der Waals surface area contributed by atoms with Crippen LogP contribution in [0, 0.1) is 0 Å². The Labute approximate surface area is 104 Å². The van der Waals surface area contributed by atoms with Crippen LogP contribution in [0.5, 0.6) is 0 Å². The van der Waals surface area contributed by atoms with Gasteiger partial charge in [-0.2, -0.15) is 0 Å². The van der Waals surface area contributed by atoms with Gasteiger partial charge in [-0.05, 0) is 18.6 Å². The Bertz CT molecular complexity index is 600. The molecule has 2 rings (SSSR count). The summed E-state index contributed by atoms with van der Waals surface area (Å²) < 4.78 is 7.49. The van der Waals surface area contributed by atoms with Crippen molar-refractivity contribution in [1.29, 1.82) is 0 Å². The molecule has 2 aromatic heterocycles. The first-order chi connectivity index (χ1) is 8.72. The Morgan fingerprint density at radius 1 is 1.44 bits per heavy atom. The average Bonchev–Trinajstić information content (AvgIpc) is 2.67. The molecule has 0 saturated heterocycles. The third kappa shape index (κ3) is 2.58. The summed E-state index contributed by atoms with van der Waals surface area (Å²) in [4.78, 5) is 23.3. The lowest BCUT2D eigenvalue weighted by molar-refractivity contribution is -0.144. The summed E-state index contributed by atoms with van der Waals surface area (Å²) >= 11 is 0. The second kappa shape index (κ2) is 5.48. The van der Waals surface area contributed by atoms with E-state index in [-0.39, 0.29) is 12.2 Å². The van der Waals surface area contributed by atoms with Gasteiger partial charge in [0.25, 0.3) is 0 Å². The van der Waals surface area contributed by atoms with E-state index in [1.807, 2.05) is 6.92 Å².